The van der Waals surface area contributed by atoms with Crippen molar-refractivity contribution < 1.29 is 28.4 Å². The fraction of sp³-hybridized carbons (Fsp3) is 0.333. The fourth-order valence-electron chi connectivity index (χ4n) is 9.53. The van der Waals surface area contributed by atoms with E-state index in [4.69, 9.17) is 28.4 Å². The van der Waals surface area contributed by atoms with Gasteiger partial charge in [0.2, 0.25) is 0 Å². The average Bonchev–Trinajstić information content (AvgIpc) is 3.45. The highest BCUT2D eigenvalue weighted by Gasteiger charge is 2.47. The van der Waals surface area contributed by atoms with Gasteiger partial charge in [0.25, 0.3) is 6.71 Å². The molecular weight excluding hydrogens is 743 g/mol. The third kappa shape index (κ3) is 5.47. The molecule has 0 unspecified atom stereocenters. The minimum Gasteiger partial charge on any atom is -0.490 e. The maximum absolute atomic E-state index is 6.49. The number of ether oxygens (including phenoxy) is 6. The lowest BCUT2D eigenvalue weighted by Crippen LogP contribution is -2.61. The van der Waals surface area contributed by atoms with E-state index in [9.17, 15) is 0 Å². The van der Waals surface area contributed by atoms with Gasteiger partial charge >= 0.3 is 0 Å². The van der Waals surface area contributed by atoms with E-state index in [-0.39, 0.29) is 12.1 Å². The van der Waals surface area contributed by atoms with E-state index >= 15 is 0 Å². The highest BCUT2D eigenvalue weighted by atomic mass is 32.1. The molecule has 0 amide bonds. The van der Waals surface area contributed by atoms with Crippen molar-refractivity contribution in [3.63, 3.8) is 0 Å². The Morgan fingerprint density at radius 1 is 0.586 bits per heavy atom. The molecule has 8 nitrogen and oxygen atoms in total. The zero-order chi connectivity index (χ0) is 39.4. The number of hydrogen-bond acceptors (Lipinski definition) is 9. The Bertz CT molecular complexity index is 2680. The minimum absolute atomic E-state index is 0.0278. The van der Waals surface area contributed by atoms with E-state index in [0.29, 0.717) is 39.6 Å². The van der Waals surface area contributed by atoms with Crippen LogP contribution >= 0.6 is 11.3 Å². The van der Waals surface area contributed by atoms with Gasteiger partial charge in [-0.3, -0.25) is 0 Å². The molecule has 1 aromatic heterocycles. The standard InChI is InChI=1S/C48H47BN2O6S/c1-27-20-35-44-36(21-27)51(45-28(2)22-41-46(29(45)3)57-19-9-18-56-41)47-43(32-23-30(48(4,5)6)10-13-42(32)58-47)49(44)33-25-39-40(55-17-8-16-54-39)26-34(33)50(35)31-11-12-37-38(24-31)53-15-7-14-52-37/h10-13,20-26H,7-9,14-19H2,1-6H3. The Kier molecular flexibility index (Phi) is 8.17. The zero-order valence-corrected chi connectivity index (χ0v) is 34.9. The average molecular weight is 791 g/mol. The first-order valence-electron chi connectivity index (χ1n) is 20.7. The molecule has 11 rings (SSSR count). The second-order valence-corrected chi connectivity index (χ2v) is 18.3. The summed E-state index contributed by atoms with van der Waals surface area (Å²) < 4.78 is 39.4. The number of aryl methyl sites for hydroxylation is 2. The first-order chi connectivity index (χ1) is 28.1. The first kappa shape index (κ1) is 35.7. The van der Waals surface area contributed by atoms with Crippen LogP contribution in [0.4, 0.5) is 33.4 Å². The second kappa shape index (κ2) is 13.3. The van der Waals surface area contributed by atoms with Crippen molar-refractivity contribution in [2.45, 2.75) is 66.2 Å². The van der Waals surface area contributed by atoms with Gasteiger partial charge in [0.1, 0.15) is 0 Å². The number of benzene rings is 5. The lowest BCUT2D eigenvalue weighted by atomic mass is 9.33. The molecule has 0 aliphatic carbocycles. The number of thiophene rings is 1. The Balaban J connectivity index is 1.25. The topological polar surface area (TPSA) is 61.9 Å². The van der Waals surface area contributed by atoms with E-state index < -0.39 is 0 Å². The molecule has 5 aliphatic rings. The van der Waals surface area contributed by atoms with E-state index in [2.05, 4.69) is 118 Å². The molecule has 5 aliphatic heterocycles. The van der Waals surface area contributed by atoms with E-state index in [1.165, 1.54) is 42.6 Å². The van der Waals surface area contributed by atoms with Gasteiger partial charge in [0.05, 0.1) is 56.0 Å². The van der Waals surface area contributed by atoms with Crippen LogP contribution in [0.2, 0.25) is 0 Å². The third-order valence-corrected chi connectivity index (χ3v) is 13.4. The van der Waals surface area contributed by atoms with Gasteiger partial charge in [-0.25, -0.2) is 0 Å². The highest BCUT2D eigenvalue weighted by Crippen LogP contribution is 2.53. The molecule has 294 valence electrons. The maximum atomic E-state index is 6.49. The van der Waals surface area contributed by atoms with Gasteiger partial charge in [-0.05, 0) is 107 Å². The van der Waals surface area contributed by atoms with Crippen molar-refractivity contribution in [3.05, 3.63) is 89.0 Å². The van der Waals surface area contributed by atoms with E-state index in [0.717, 1.165) is 93.3 Å². The van der Waals surface area contributed by atoms with Gasteiger partial charge in [-0.15, -0.1) is 11.3 Å². The van der Waals surface area contributed by atoms with Crippen LogP contribution in [0.3, 0.4) is 0 Å². The summed E-state index contributed by atoms with van der Waals surface area (Å²) in [6, 6.07) is 24.8. The molecular formula is C48H47BN2O6S. The summed E-state index contributed by atoms with van der Waals surface area (Å²) in [5.41, 5.74) is 13.9. The lowest BCUT2D eigenvalue weighted by Gasteiger charge is -2.44. The summed E-state index contributed by atoms with van der Waals surface area (Å²) in [6.07, 6.45) is 2.52. The summed E-state index contributed by atoms with van der Waals surface area (Å²) >= 11 is 1.87. The molecule has 0 atom stereocenters. The minimum atomic E-state index is -0.0920. The van der Waals surface area contributed by atoms with Gasteiger partial charge in [-0.2, -0.15) is 0 Å². The molecule has 5 aromatic carbocycles. The summed E-state index contributed by atoms with van der Waals surface area (Å²) in [7, 11) is 0. The van der Waals surface area contributed by atoms with Gasteiger partial charge in [-0.1, -0.05) is 32.9 Å². The van der Waals surface area contributed by atoms with Crippen LogP contribution in [0.25, 0.3) is 10.1 Å². The summed E-state index contributed by atoms with van der Waals surface area (Å²) in [6.45, 7) is 17.2. The Hall–Kier alpha value is -5.48. The van der Waals surface area contributed by atoms with Crippen LogP contribution < -0.4 is 54.6 Å². The van der Waals surface area contributed by atoms with Gasteiger partial charge in [0, 0.05) is 58.7 Å². The fourth-order valence-corrected chi connectivity index (χ4v) is 10.8. The SMILES string of the molecule is Cc1cc2c3c(c1)N(c1c(C)cc4c(c1C)OCCCO4)c1sc4ccc(C(C)(C)C)cc4c1B3c1cc3c(cc1N2c1ccc2c(c1)OCCCO2)OCCCO3. The van der Waals surface area contributed by atoms with Crippen LogP contribution in [-0.2, 0) is 5.41 Å². The molecule has 10 heteroatoms. The van der Waals surface area contributed by atoms with Crippen LogP contribution in [-0.4, -0.2) is 46.4 Å². The summed E-state index contributed by atoms with van der Waals surface area (Å²) in [5, 5.41) is 2.50. The van der Waals surface area contributed by atoms with E-state index in [1.54, 1.807) is 0 Å². The predicted octanol–water partition coefficient (Wildman–Crippen LogP) is 9.69. The van der Waals surface area contributed by atoms with Gasteiger partial charge in [0.15, 0.2) is 34.5 Å². The highest BCUT2D eigenvalue weighted by molar-refractivity contribution is 7.26. The number of hydrogen-bond donors (Lipinski definition) is 0. The quantitative estimate of drug-likeness (QED) is 0.161. The second-order valence-electron chi connectivity index (χ2n) is 17.2. The Morgan fingerprint density at radius 3 is 1.95 bits per heavy atom. The molecule has 0 saturated carbocycles. The normalized spacial score (nSPS) is 16.6. The van der Waals surface area contributed by atoms with Crippen LogP contribution in [0.15, 0.2) is 66.7 Å². The van der Waals surface area contributed by atoms with Crippen molar-refractivity contribution in [1.82, 2.24) is 0 Å². The molecule has 6 aromatic rings. The van der Waals surface area contributed by atoms with Crippen molar-refractivity contribution in [3.8, 4) is 34.5 Å². The molecule has 0 saturated heterocycles. The number of anilines is 6. The van der Waals surface area contributed by atoms with Crippen molar-refractivity contribution >= 4 is 78.0 Å². The Morgan fingerprint density at radius 2 is 1.22 bits per heavy atom. The predicted molar refractivity (Wildman–Crippen MR) is 236 cm³/mol. The molecule has 0 spiro atoms. The third-order valence-electron chi connectivity index (χ3n) is 12.2. The monoisotopic (exact) mass is 790 g/mol. The number of fused-ring (bicyclic) bond motifs is 9. The smallest absolute Gasteiger partial charge is 0.254 e. The first-order valence-corrected chi connectivity index (χ1v) is 21.5. The molecule has 6 heterocycles. The van der Waals surface area contributed by atoms with E-state index in [1.807, 2.05) is 11.3 Å². The summed E-state index contributed by atoms with van der Waals surface area (Å²) in [4.78, 5) is 4.95. The molecule has 0 bridgehead atoms. The number of nitrogens with zero attached hydrogens (tertiary/aromatic N) is 2. The zero-order valence-electron chi connectivity index (χ0n) is 34.0. The summed E-state index contributed by atoms with van der Waals surface area (Å²) in [5.74, 6) is 4.75. The van der Waals surface area contributed by atoms with Crippen molar-refractivity contribution in [2.24, 2.45) is 0 Å². The van der Waals surface area contributed by atoms with Crippen LogP contribution in [0, 0.1) is 20.8 Å². The number of rotatable bonds is 2. The molecule has 0 N–H and O–H groups in total. The Labute approximate surface area is 344 Å². The van der Waals surface area contributed by atoms with Crippen LogP contribution in [0.1, 0.15) is 62.3 Å². The molecule has 0 radical (unpaired) electrons. The molecule has 58 heavy (non-hydrogen) atoms. The maximum Gasteiger partial charge on any atom is 0.254 e. The van der Waals surface area contributed by atoms with Crippen molar-refractivity contribution in [2.75, 3.05) is 49.4 Å². The van der Waals surface area contributed by atoms with Crippen molar-refractivity contribution in [1.29, 1.82) is 0 Å². The molecule has 0 fully saturated rings. The van der Waals surface area contributed by atoms with Crippen LogP contribution in [0.5, 0.6) is 34.5 Å². The largest absolute Gasteiger partial charge is 0.490 e. The lowest BCUT2D eigenvalue weighted by molar-refractivity contribution is 0.296. The van der Waals surface area contributed by atoms with Gasteiger partial charge < -0.3 is 38.2 Å².